The van der Waals surface area contributed by atoms with Crippen LogP contribution in [0, 0.1) is 0 Å². The second-order valence-electron chi connectivity index (χ2n) is 7.58. The zero-order valence-corrected chi connectivity index (χ0v) is 15.7. The maximum atomic E-state index is 13.0. The van der Waals surface area contributed by atoms with Gasteiger partial charge in [0.25, 0.3) is 0 Å². The fourth-order valence-electron chi connectivity index (χ4n) is 3.83. The van der Waals surface area contributed by atoms with Gasteiger partial charge in [-0.05, 0) is 31.7 Å². The second-order valence-corrected chi connectivity index (χ2v) is 7.58. The van der Waals surface area contributed by atoms with Gasteiger partial charge in [0.05, 0.1) is 6.54 Å². The van der Waals surface area contributed by atoms with Crippen molar-refractivity contribution in [1.29, 1.82) is 0 Å². The van der Waals surface area contributed by atoms with Gasteiger partial charge in [-0.2, -0.15) is 0 Å². The lowest BCUT2D eigenvalue weighted by Gasteiger charge is -2.31. The number of nitrogens with zero attached hydrogens (tertiary/aromatic N) is 3. The Labute approximate surface area is 155 Å². The molecule has 1 aromatic rings. The molecule has 2 amide bonds. The molecule has 0 radical (unpaired) electrons. The average molecular weight is 358 g/mol. The van der Waals surface area contributed by atoms with Crippen LogP contribution in [0.5, 0.6) is 0 Å². The first kappa shape index (κ1) is 18.9. The lowest BCUT2D eigenvalue weighted by atomic mass is 9.91. The standard InChI is InChI=1S/C20H30N4O2/c1-20(21,17-8-3-2-4-9-17)19(26)24-13-7-10-22(14-15-24)16-18(25)23-11-5-6-12-23/h2-4,8-9H,5-7,10-16,21H2,1H3. The predicted molar refractivity (Wildman–Crippen MR) is 101 cm³/mol. The largest absolute Gasteiger partial charge is 0.342 e. The van der Waals surface area contributed by atoms with E-state index in [9.17, 15) is 9.59 Å². The lowest BCUT2D eigenvalue weighted by Crippen LogP contribution is -2.52. The summed E-state index contributed by atoms with van der Waals surface area (Å²) in [5, 5.41) is 0. The molecule has 2 heterocycles. The van der Waals surface area contributed by atoms with Crippen molar-refractivity contribution in [2.75, 3.05) is 45.8 Å². The molecule has 2 aliphatic heterocycles. The molecule has 2 aliphatic rings. The van der Waals surface area contributed by atoms with Crippen molar-refractivity contribution in [2.24, 2.45) is 5.73 Å². The van der Waals surface area contributed by atoms with Crippen LogP contribution in [-0.4, -0.2) is 72.3 Å². The highest BCUT2D eigenvalue weighted by atomic mass is 16.2. The predicted octanol–water partition coefficient (Wildman–Crippen LogP) is 1.02. The summed E-state index contributed by atoms with van der Waals surface area (Å²) in [5.74, 6) is 0.173. The molecule has 26 heavy (non-hydrogen) atoms. The summed E-state index contributed by atoms with van der Waals surface area (Å²) < 4.78 is 0. The van der Waals surface area contributed by atoms with Crippen molar-refractivity contribution in [3.05, 3.63) is 35.9 Å². The van der Waals surface area contributed by atoms with E-state index in [1.165, 1.54) is 0 Å². The van der Waals surface area contributed by atoms with E-state index in [1.54, 1.807) is 6.92 Å². The van der Waals surface area contributed by atoms with E-state index in [1.807, 2.05) is 40.1 Å². The molecular weight excluding hydrogens is 328 g/mol. The molecule has 6 heteroatoms. The van der Waals surface area contributed by atoms with Crippen molar-refractivity contribution in [3.63, 3.8) is 0 Å². The fourth-order valence-corrected chi connectivity index (χ4v) is 3.83. The number of likely N-dealkylation sites (tertiary alicyclic amines) is 1. The molecule has 2 fully saturated rings. The number of amides is 2. The topological polar surface area (TPSA) is 69.9 Å². The molecule has 2 saturated heterocycles. The Balaban J connectivity index is 1.57. The molecule has 142 valence electrons. The number of hydrogen-bond acceptors (Lipinski definition) is 4. The van der Waals surface area contributed by atoms with Gasteiger partial charge in [-0.3, -0.25) is 14.5 Å². The number of carbonyl (C=O) groups excluding carboxylic acids is 2. The van der Waals surface area contributed by atoms with E-state index in [4.69, 9.17) is 5.73 Å². The summed E-state index contributed by atoms with van der Waals surface area (Å²) in [6.45, 7) is 6.88. The van der Waals surface area contributed by atoms with Crippen LogP contribution in [0.25, 0.3) is 0 Å². The van der Waals surface area contributed by atoms with Gasteiger partial charge in [0.15, 0.2) is 0 Å². The van der Waals surface area contributed by atoms with Crippen LogP contribution < -0.4 is 5.73 Å². The smallest absolute Gasteiger partial charge is 0.247 e. The molecule has 0 spiro atoms. The van der Waals surface area contributed by atoms with E-state index in [2.05, 4.69) is 4.90 Å². The number of rotatable bonds is 4. The summed E-state index contributed by atoms with van der Waals surface area (Å²) in [7, 11) is 0. The number of carbonyl (C=O) groups is 2. The summed E-state index contributed by atoms with van der Waals surface area (Å²) in [5.41, 5.74) is 6.20. The van der Waals surface area contributed by atoms with Crippen LogP contribution in [0.4, 0.5) is 0 Å². The van der Waals surface area contributed by atoms with Crippen molar-refractivity contribution >= 4 is 11.8 Å². The first-order valence-electron chi connectivity index (χ1n) is 9.62. The third-order valence-electron chi connectivity index (χ3n) is 5.51. The molecule has 6 nitrogen and oxygen atoms in total. The number of benzene rings is 1. The monoisotopic (exact) mass is 358 g/mol. The molecule has 3 rings (SSSR count). The van der Waals surface area contributed by atoms with Crippen molar-refractivity contribution in [2.45, 2.75) is 31.7 Å². The normalized spacial score (nSPS) is 21.3. The molecule has 1 atom stereocenters. The van der Waals surface area contributed by atoms with Gasteiger partial charge in [0.2, 0.25) is 11.8 Å². The highest BCUT2D eigenvalue weighted by Crippen LogP contribution is 2.21. The van der Waals surface area contributed by atoms with Crippen LogP contribution in [0.1, 0.15) is 31.7 Å². The minimum Gasteiger partial charge on any atom is -0.342 e. The zero-order valence-electron chi connectivity index (χ0n) is 15.7. The third kappa shape index (κ3) is 4.24. The fraction of sp³-hybridized carbons (Fsp3) is 0.600. The van der Waals surface area contributed by atoms with Gasteiger partial charge in [-0.1, -0.05) is 30.3 Å². The highest BCUT2D eigenvalue weighted by Gasteiger charge is 2.35. The summed E-state index contributed by atoms with van der Waals surface area (Å²) >= 11 is 0. The van der Waals surface area contributed by atoms with Crippen molar-refractivity contribution in [1.82, 2.24) is 14.7 Å². The van der Waals surface area contributed by atoms with E-state index in [-0.39, 0.29) is 11.8 Å². The Bertz CT molecular complexity index is 626. The molecule has 1 aromatic carbocycles. The minimum absolute atomic E-state index is 0.0450. The molecule has 1 unspecified atom stereocenters. The second kappa shape index (κ2) is 8.18. The Hall–Kier alpha value is -1.92. The van der Waals surface area contributed by atoms with Crippen molar-refractivity contribution in [3.8, 4) is 0 Å². The minimum atomic E-state index is -1.03. The molecule has 2 N–H and O–H groups in total. The van der Waals surface area contributed by atoms with Gasteiger partial charge >= 0.3 is 0 Å². The lowest BCUT2D eigenvalue weighted by molar-refractivity contribution is -0.136. The van der Waals surface area contributed by atoms with Gasteiger partial charge in [-0.25, -0.2) is 0 Å². The molecule has 0 bridgehead atoms. The van der Waals surface area contributed by atoms with Crippen LogP contribution in [0.2, 0.25) is 0 Å². The Kier molecular flexibility index (Phi) is 5.94. The van der Waals surface area contributed by atoms with E-state index in [0.29, 0.717) is 19.6 Å². The number of nitrogens with two attached hydrogens (primary N) is 1. The van der Waals surface area contributed by atoms with Gasteiger partial charge in [0.1, 0.15) is 5.54 Å². The van der Waals surface area contributed by atoms with Crippen LogP contribution in [-0.2, 0) is 15.1 Å². The molecule has 0 aromatic heterocycles. The SMILES string of the molecule is CC(N)(C(=O)N1CCCN(CC(=O)N2CCCC2)CC1)c1ccccc1. The van der Waals surface area contributed by atoms with E-state index in [0.717, 1.165) is 51.0 Å². The maximum absolute atomic E-state index is 13.0. The van der Waals surface area contributed by atoms with E-state index < -0.39 is 5.54 Å². The van der Waals surface area contributed by atoms with Crippen LogP contribution in [0.15, 0.2) is 30.3 Å². The summed E-state index contributed by atoms with van der Waals surface area (Å²) in [4.78, 5) is 31.4. The Morgan fingerprint density at radius 1 is 0.923 bits per heavy atom. The summed E-state index contributed by atoms with van der Waals surface area (Å²) in [6.07, 6.45) is 3.09. The summed E-state index contributed by atoms with van der Waals surface area (Å²) in [6, 6.07) is 9.53. The first-order chi connectivity index (χ1) is 12.5. The van der Waals surface area contributed by atoms with Gasteiger partial charge in [-0.15, -0.1) is 0 Å². The molecule has 0 aliphatic carbocycles. The number of hydrogen-bond donors (Lipinski definition) is 1. The van der Waals surface area contributed by atoms with E-state index >= 15 is 0 Å². The Morgan fingerprint density at radius 2 is 1.58 bits per heavy atom. The average Bonchev–Trinajstić information content (AvgIpc) is 3.10. The van der Waals surface area contributed by atoms with Crippen LogP contribution in [0.3, 0.4) is 0 Å². The van der Waals surface area contributed by atoms with Gasteiger partial charge in [0, 0.05) is 39.3 Å². The third-order valence-corrected chi connectivity index (χ3v) is 5.51. The zero-order chi connectivity index (χ0) is 18.6. The maximum Gasteiger partial charge on any atom is 0.247 e. The quantitative estimate of drug-likeness (QED) is 0.872. The van der Waals surface area contributed by atoms with Gasteiger partial charge < -0.3 is 15.5 Å². The van der Waals surface area contributed by atoms with Crippen LogP contribution >= 0.6 is 0 Å². The van der Waals surface area contributed by atoms with Crippen molar-refractivity contribution < 1.29 is 9.59 Å². The molecular formula is C20H30N4O2. The highest BCUT2D eigenvalue weighted by molar-refractivity contribution is 5.87. The molecule has 0 saturated carbocycles. The first-order valence-corrected chi connectivity index (χ1v) is 9.62. The Morgan fingerprint density at radius 3 is 2.27 bits per heavy atom.